The van der Waals surface area contributed by atoms with Crippen molar-refractivity contribution in [3.8, 4) is 22.6 Å². The lowest BCUT2D eigenvalue weighted by Crippen LogP contribution is -2.41. The summed E-state index contributed by atoms with van der Waals surface area (Å²) in [6, 6.07) is 18.6. The topological polar surface area (TPSA) is 74.7 Å². The normalized spacial score (nSPS) is 15.9. The van der Waals surface area contributed by atoms with Gasteiger partial charge in [-0.3, -0.25) is 0 Å². The molecular formula is C31H36BN3O4. The fourth-order valence-electron chi connectivity index (χ4n) is 4.83. The monoisotopic (exact) mass is 525 g/mol. The molecule has 1 N–H and O–H groups in total. The molecule has 0 spiro atoms. The lowest BCUT2D eigenvalue weighted by Gasteiger charge is -2.32. The molecule has 0 atom stereocenters. The minimum absolute atomic E-state index is 0.388. The highest BCUT2D eigenvalue weighted by molar-refractivity contribution is 6.62. The summed E-state index contributed by atoms with van der Waals surface area (Å²) in [5.41, 5.74) is 5.53. The highest BCUT2D eigenvalue weighted by atomic mass is 16.7. The van der Waals surface area contributed by atoms with Crippen LogP contribution in [0.5, 0.6) is 11.5 Å². The summed E-state index contributed by atoms with van der Waals surface area (Å²) < 4.78 is 23.5. The zero-order valence-corrected chi connectivity index (χ0v) is 24.0. The molecule has 0 saturated carbocycles. The van der Waals surface area contributed by atoms with Crippen molar-refractivity contribution in [2.24, 2.45) is 0 Å². The lowest BCUT2D eigenvalue weighted by molar-refractivity contribution is 0.00578. The number of benzene rings is 3. The van der Waals surface area contributed by atoms with Crippen molar-refractivity contribution in [3.05, 3.63) is 71.4 Å². The van der Waals surface area contributed by atoms with Gasteiger partial charge in [0.1, 0.15) is 11.5 Å². The van der Waals surface area contributed by atoms with Crippen LogP contribution >= 0.6 is 0 Å². The van der Waals surface area contributed by atoms with Crippen LogP contribution in [0.15, 0.2) is 54.6 Å². The van der Waals surface area contributed by atoms with Gasteiger partial charge in [-0.15, -0.1) is 5.10 Å². The molecule has 1 saturated heterocycles. The summed E-state index contributed by atoms with van der Waals surface area (Å²) in [6.45, 7) is 13.0. The molecule has 1 aliphatic rings. The van der Waals surface area contributed by atoms with Gasteiger partial charge in [-0.2, -0.15) is 5.10 Å². The SMILES string of the molecule is COc1ccc(CNc2nnc(C)c3cc(-c4cc(B5OC(C)(C)C(C)(C)O5)ccc4C)ccc23)c(OC)c1. The molecule has 4 aromatic rings. The lowest BCUT2D eigenvalue weighted by atomic mass is 9.77. The van der Waals surface area contributed by atoms with Gasteiger partial charge in [0.2, 0.25) is 0 Å². The van der Waals surface area contributed by atoms with E-state index in [2.05, 4.69) is 86.5 Å². The third-order valence-electron chi connectivity index (χ3n) is 8.00. The van der Waals surface area contributed by atoms with Gasteiger partial charge in [0.15, 0.2) is 5.82 Å². The average molecular weight is 525 g/mol. The third kappa shape index (κ3) is 5.06. The summed E-state index contributed by atoms with van der Waals surface area (Å²) in [4.78, 5) is 0. The van der Waals surface area contributed by atoms with Crippen molar-refractivity contribution >= 4 is 29.2 Å². The van der Waals surface area contributed by atoms with E-state index in [4.69, 9.17) is 18.8 Å². The minimum atomic E-state index is -0.409. The van der Waals surface area contributed by atoms with Crippen LogP contribution in [0.25, 0.3) is 21.9 Å². The maximum atomic E-state index is 6.31. The first kappa shape index (κ1) is 27.0. The largest absolute Gasteiger partial charge is 0.497 e. The summed E-state index contributed by atoms with van der Waals surface area (Å²) in [5.74, 6) is 2.23. The van der Waals surface area contributed by atoms with E-state index in [0.29, 0.717) is 6.54 Å². The maximum absolute atomic E-state index is 6.31. The zero-order chi connectivity index (χ0) is 27.9. The number of nitrogens with zero attached hydrogens (tertiary/aromatic N) is 2. The first-order valence-corrected chi connectivity index (χ1v) is 13.2. The van der Waals surface area contributed by atoms with Crippen LogP contribution in [0.1, 0.15) is 44.5 Å². The third-order valence-corrected chi connectivity index (χ3v) is 8.00. The van der Waals surface area contributed by atoms with Crippen LogP contribution in [0.2, 0.25) is 0 Å². The molecule has 3 aromatic carbocycles. The standard InChI is InChI=1S/C31H36BN3O4/c1-19-9-12-23(32-38-30(3,4)31(5,6)39-32)16-26(19)21-11-14-25-27(15-21)20(2)34-35-29(25)33-18-22-10-13-24(36-7)17-28(22)37-8/h9-17H,18H2,1-8H3,(H,33,35). The summed E-state index contributed by atoms with van der Waals surface area (Å²) in [6.07, 6.45) is 0. The molecular weight excluding hydrogens is 489 g/mol. The molecule has 1 aromatic heterocycles. The molecule has 0 radical (unpaired) electrons. The van der Waals surface area contributed by atoms with Crippen LogP contribution in [0.4, 0.5) is 5.82 Å². The Morgan fingerprint density at radius 2 is 1.56 bits per heavy atom. The number of rotatable bonds is 7. The van der Waals surface area contributed by atoms with E-state index in [1.54, 1.807) is 14.2 Å². The molecule has 1 aliphatic heterocycles. The second-order valence-electron chi connectivity index (χ2n) is 11.1. The Labute approximate surface area is 231 Å². The number of ether oxygens (including phenoxy) is 2. The van der Waals surface area contributed by atoms with Gasteiger partial charge in [-0.25, -0.2) is 0 Å². The molecule has 0 aliphatic carbocycles. The van der Waals surface area contributed by atoms with Crippen molar-refractivity contribution in [1.29, 1.82) is 0 Å². The van der Waals surface area contributed by atoms with E-state index in [0.717, 1.165) is 55.9 Å². The van der Waals surface area contributed by atoms with Crippen molar-refractivity contribution in [1.82, 2.24) is 10.2 Å². The van der Waals surface area contributed by atoms with E-state index in [1.807, 2.05) is 25.1 Å². The molecule has 0 unspecified atom stereocenters. The molecule has 202 valence electrons. The molecule has 0 amide bonds. The highest BCUT2D eigenvalue weighted by Gasteiger charge is 2.51. The summed E-state index contributed by atoms with van der Waals surface area (Å²) in [7, 11) is 2.89. The number of fused-ring (bicyclic) bond motifs is 1. The molecule has 8 heteroatoms. The predicted molar refractivity (Wildman–Crippen MR) is 157 cm³/mol. The Hall–Kier alpha value is -3.62. The van der Waals surface area contributed by atoms with Gasteiger partial charge in [-0.05, 0) is 88.0 Å². The number of hydrogen-bond acceptors (Lipinski definition) is 7. The van der Waals surface area contributed by atoms with Crippen molar-refractivity contribution in [3.63, 3.8) is 0 Å². The number of hydrogen-bond donors (Lipinski definition) is 1. The van der Waals surface area contributed by atoms with Gasteiger partial charge < -0.3 is 24.1 Å². The molecule has 39 heavy (non-hydrogen) atoms. The smallest absolute Gasteiger partial charge is 0.494 e. The van der Waals surface area contributed by atoms with Gasteiger partial charge in [0, 0.05) is 28.9 Å². The molecule has 0 bridgehead atoms. The first-order valence-electron chi connectivity index (χ1n) is 13.2. The number of anilines is 1. The van der Waals surface area contributed by atoms with E-state index in [9.17, 15) is 0 Å². The van der Waals surface area contributed by atoms with E-state index >= 15 is 0 Å². The number of aryl methyl sites for hydroxylation is 2. The number of methoxy groups -OCH3 is 2. The predicted octanol–water partition coefficient (Wildman–Crippen LogP) is 5.84. The maximum Gasteiger partial charge on any atom is 0.494 e. The van der Waals surface area contributed by atoms with Crippen molar-refractivity contribution < 1.29 is 18.8 Å². The Morgan fingerprint density at radius 3 is 2.26 bits per heavy atom. The second kappa shape index (κ2) is 10.2. The van der Waals surface area contributed by atoms with E-state index in [1.165, 1.54) is 5.56 Å². The van der Waals surface area contributed by atoms with Gasteiger partial charge >= 0.3 is 7.12 Å². The Morgan fingerprint density at radius 1 is 0.821 bits per heavy atom. The van der Waals surface area contributed by atoms with Crippen LogP contribution in [-0.4, -0.2) is 42.7 Å². The Bertz CT molecular complexity index is 1520. The fourth-order valence-corrected chi connectivity index (χ4v) is 4.83. The summed E-state index contributed by atoms with van der Waals surface area (Å²) >= 11 is 0. The van der Waals surface area contributed by atoms with Crippen LogP contribution in [0, 0.1) is 13.8 Å². The van der Waals surface area contributed by atoms with E-state index in [-0.39, 0.29) is 11.2 Å². The van der Waals surface area contributed by atoms with E-state index < -0.39 is 7.12 Å². The molecule has 7 nitrogen and oxygen atoms in total. The Kier molecular flexibility index (Phi) is 7.03. The first-order chi connectivity index (χ1) is 18.5. The quantitative estimate of drug-likeness (QED) is 0.304. The second-order valence-corrected chi connectivity index (χ2v) is 11.1. The molecule has 1 fully saturated rings. The highest BCUT2D eigenvalue weighted by Crippen LogP contribution is 2.37. The Balaban J connectivity index is 1.46. The average Bonchev–Trinajstić information content (AvgIpc) is 3.14. The fraction of sp³-hybridized carbons (Fsp3) is 0.355. The van der Waals surface area contributed by atoms with Crippen LogP contribution < -0.4 is 20.3 Å². The molecule has 2 heterocycles. The molecule has 5 rings (SSSR count). The van der Waals surface area contributed by atoms with Crippen molar-refractivity contribution in [2.45, 2.75) is 59.3 Å². The van der Waals surface area contributed by atoms with Crippen LogP contribution in [0.3, 0.4) is 0 Å². The number of aromatic nitrogens is 2. The van der Waals surface area contributed by atoms with Crippen molar-refractivity contribution in [2.75, 3.05) is 19.5 Å². The van der Waals surface area contributed by atoms with Crippen LogP contribution in [-0.2, 0) is 15.9 Å². The summed E-state index contributed by atoms with van der Waals surface area (Å²) in [5, 5.41) is 14.4. The minimum Gasteiger partial charge on any atom is -0.497 e. The number of nitrogens with one attached hydrogen (secondary N) is 1. The van der Waals surface area contributed by atoms with Gasteiger partial charge in [0.25, 0.3) is 0 Å². The zero-order valence-electron chi connectivity index (χ0n) is 24.0. The van der Waals surface area contributed by atoms with Gasteiger partial charge in [-0.1, -0.05) is 24.3 Å². The van der Waals surface area contributed by atoms with Gasteiger partial charge in [0.05, 0.1) is 31.1 Å².